The quantitative estimate of drug-likeness (QED) is 0.602. The number of anilines is 1. The van der Waals surface area contributed by atoms with E-state index in [2.05, 4.69) is 27.1 Å². The number of methoxy groups -OCH3 is 1. The molecule has 1 aliphatic rings. The van der Waals surface area contributed by atoms with Gasteiger partial charge in [0.15, 0.2) is 0 Å². The SMILES string of the molecule is COc1ncnc(NCC(C)CN2CCCC2)c1[N+](=O)[O-]. The summed E-state index contributed by atoms with van der Waals surface area (Å²) in [6.07, 6.45) is 3.78. The Kier molecular flexibility index (Phi) is 5.26. The minimum absolute atomic E-state index is 0.0234. The van der Waals surface area contributed by atoms with Crippen LogP contribution >= 0.6 is 0 Å². The van der Waals surface area contributed by atoms with Crippen molar-refractivity contribution in [3.63, 3.8) is 0 Å². The summed E-state index contributed by atoms with van der Waals surface area (Å²) in [6, 6.07) is 0. The zero-order valence-electron chi connectivity index (χ0n) is 12.4. The Labute approximate surface area is 123 Å². The van der Waals surface area contributed by atoms with Crippen molar-refractivity contribution in [2.45, 2.75) is 19.8 Å². The first-order valence-corrected chi connectivity index (χ1v) is 7.11. The first-order chi connectivity index (χ1) is 10.1. The Balaban J connectivity index is 1.97. The van der Waals surface area contributed by atoms with Crippen molar-refractivity contribution in [1.29, 1.82) is 0 Å². The van der Waals surface area contributed by atoms with Crippen molar-refractivity contribution in [3.05, 3.63) is 16.4 Å². The van der Waals surface area contributed by atoms with Gasteiger partial charge >= 0.3 is 5.69 Å². The first-order valence-electron chi connectivity index (χ1n) is 7.11. The average Bonchev–Trinajstić information content (AvgIpc) is 2.97. The fraction of sp³-hybridized carbons (Fsp3) is 0.692. The van der Waals surface area contributed by atoms with Crippen LogP contribution in [0.3, 0.4) is 0 Å². The number of rotatable bonds is 7. The van der Waals surface area contributed by atoms with Gasteiger partial charge in [-0.2, -0.15) is 4.98 Å². The first kappa shape index (κ1) is 15.4. The Hall–Kier alpha value is -1.96. The van der Waals surface area contributed by atoms with E-state index in [0.29, 0.717) is 12.5 Å². The van der Waals surface area contributed by atoms with Gasteiger partial charge in [0.05, 0.1) is 12.0 Å². The molecule has 2 heterocycles. The molecule has 0 bridgehead atoms. The molecule has 0 saturated carbocycles. The van der Waals surface area contributed by atoms with Gasteiger partial charge in [-0.25, -0.2) is 4.98 Å². The molecule has 116 valence electrons. The van der Waals surface area contributed by atoms with E-state index in [4.69, 9.17) is 4.74 Å². The number of aromatic nitrogens is 2. The lowest BCUT2D eigenvalue weighted by atomic mass is 10.1. The third kappa shape index (κ3) is 4.01. The second-order valence-corrected chi connectivity index (χ2v) is 5.33. The van der Waals surface area contributed by atoms with Gasteiger partial charge in [-0.05, 0) is 31.8 Å². The zero-order chi connectivity index (χ0) is 15.2. The van der Waals surface area contributed by atoms with E-state index in [9.17, 15) is 10.1 Å². The predicted octanol–water partition coefficient (Wildman–Crippen LogP) is 1.54. The number of nitrogens with zero attached hydrogens (tertiary/aromatic N) is 4. The van der Waals surface area contributed by atoms with Gasteiger partial charge in [-0.15, -0.1) is 0 Å². The van der Waals surface area contributed by atoms with E-state index in [1.807, 2.05) is 0 Å². The van der Waals surface area contributed by atoms with Crippen LogP contribution in [0, 0.1) is 16.0 Å². The third-order valence-corrected chi connectivity index (χ3v) is 3.55. The van der Waals surface area contributed by atoms with Gasteiger partial charge in [0.25, 0.3) is 5.88 Å². The van der Waals surface area contributed by atoms with Crippen molar-refractivity contribution in [2.24, 2.45) is 5.92 Å². The highest BCUT2D eigenvalue weighted by atomic mass is 16.6. The molecule has 0 amide bonds. The van der Waals surface area contributed by atoms with Crippen molar-refractivity contribution >= 4 is 11.5 Å². The summed E-state index contributed by atoms with van der Waals surface area (Å²) in [5.41, 5.74) is -0.214. The number of likely N-dealkylation sites (tertiary alicyclic amines) is 1. The Morgan fingerprint density at radius 3 is 2.81 bits per heavy atom. The van der Waals surface area contributed by atoms with E-state index < -0.39 is 4.92 Å². The summed E-state index contributed by atoms with van der Waals surface area (Å²) < 4.78 is 4.92. The fourth-order valence-corrected chi connectivity index (χ4v) is 2.55. The molecule has 1 aromatic rings. The molecule has 1 atom stereocenters. The normalized spacial score (nSPS) is 16.7. The van der Waals surface area contributed by atoms with Gasteiger partial charge in [-0.3, -0.25) is 10.1 Å². The predicted molar refractivity (Wildman–Crippen MR) is 78.6 cm³/mol. The van der Waals surface area contributed by atoms with Crippen LogP contribution in [0.2, 0.25) is 0 Å². The largest absolute Gasteiger partial charge is 0.476 e. The van der Waals surface area contributed by atoms with Crippen molar-refractivity contribution < 1.29 is 9.66 Å². The Morgan fingerprint density at radius 1 is 1.48 bits per heavy atom. The van der Waals surface area contributed by atoms with Gasteiger partial charge in [0.1, 0.15) is 6.33 Å². The number of hydrogen-bond acceptors (Lipinski definition) is 7. The second-order valence-electron chi connectivity index (χ2n) is 5.33. The maximum Gasteiger partial charge on any atom is 0.372 e. The molecule has 0 radical (unpaired) electrons. The average molecular weight is 295 g/mol. The molecule has 2 rings (SSSR count). The van der Waals surface area contributed by atoms with Crippen LogP contribution in [0.25, 0.3) is 0 Å². The van der Waals surface area contributed by atoms with E-state index in [1.165, 1.54) is 26.3 Å². The second kappa shape index (κ2) is 7.16. The lowest BCUT2D eigenvalue weighted by Gasteiger charge is -2.20. The molecule has 1 aliphatic heterocycles. The molecule has 8 nitrogen and oxygen atoms in total. The van der Waals surface area contributed by atoms with E-state index >= 15 is 0 Å². The van der Waals surface area contributed by atoms with Crippen molar-refractivity contribution in [1.82, 2.24) is 14.9 Å². The third-order valence-electron chi connectivity index (χ3n) is 3.55. The monoisotopic (exact) mass is 295 g/mol. The van der Waals surface area contributed by atoms with Crippen LogP contribution in [-0.4, -0.2) is 53.1 Å². The smallest absolute Gasteiger partial charge is 0.372 e. The van der Waals surface area contributed by atoms with Crippen molar-refractivity contribution in [2.75, 3.05) is 38.6 Å². The van der Waals surface area contributed by atoms with Crippen LogP contribution in [-0.2, 0) is 0 Å². The summed E-state index contributed by atoms with van der Waals surface area (Å²) in [4.78, 5) is 20.7. The summed E-state index contributed by atoms with van der Waals surface area (Å²) in [5.74, 6) is 0.563. The highest BCUT2D eigenvalue weighted by Crippen LogP contribution is 2.30. The van der Waals surface area contributed by atoms with E-state index in [1.54, 1.807) is 0 Å². The van der Waals surface area contributed by atoms with Gasteiger partial charge in [0.2, 0.25) is 5.82 Å². The Morgan fingerprint density at radius 2 is 2.19 bits per heavy atom. The van der Waals surface area contributed by atoms with Gasteiger partial charge in [0, 0.05) is 13.1 Å². The molecule has 1 saturated heterocycles. The number of hydrogen-bond donors (Lipinski definition) is 1. The highest BCUT2D eigenvalue weighted by Gasteiger charge is 2.24. The van der Waals surface area contributed by atoms with Crippen LogP contribution in [0.5, 0.6) is 5.88 Å². The molecule has 1 N–H and O–H groups in total. The van der Waals surface area contributed by atoms with Crippen LogP contribution < -0.4 is 10.1 Å². The summed E-state index contributed by atoms with van der Waals surface area (Å²) in [7, 11) is 1.36. The standard InChI is InChI=1S/C13H21N5O3/c1-10(8-17-5-3-4-6-17)7-14-12-11(18(19)20)13(21-2)16-9-15-12/h9-10H,3-8H2,1-2H3,(H,14,15,16). The molecule has 0 aliphatic carbocycles. The van der Waals surface area contributed by atoms with E-state index in [0.717, 1.165) is 19.6 Å². The minimum atomic E-state index is -0.522. The number of nitrogens with one attached hydrogen (secondary N) is 1. The maximum absolute atomic E-state index is 11.1. The highest BCUT2D eigenvalue weighted by molar-refractivity contribution is 5.61. The minimum Gasteiger partial charge on any atom is -0.476 e. The Bertz CT molecular complexity index is 491. The van der Waals surface area contributed by atoms with Crippen LogP contribution in [0.1, 0.15) is 19.8 Å². The van der Waals surface area contributed by atoms with E-state index in [-0.39, 0.29) is 17.4 Å². The van der Waals surface area contributed by atoms with Crippen LogP contribution in [0.4, 0.5) is 11.5 Å². The molecule has 1 unspecified atom stereocenters. The molecule has 0 spiro atoms. The topological polar surface area (TPSA) is 93.4 Å². The fourth-order valence-electron chi connectivity index (χ4n) is 2.55. The molecule has 1 fully saturated rings. The molecule has 0 aromatic carbocycles. The molecule has 1 aromatic heterocycles. The van der Waals surface area contributed by atoms with Crippen molar-refractivity contribution in [3.8, 4) is 5.88 Å². The number of nitro groups is 1. The summed E-state index contributed by atoms with van der Waals surface area (Å²) >= 11 is 0. The van der Waals surface area contributed by atoms with Gasteiger partial charge in [-0.1, -0.05) is 6.92 Å². The molecule has 21 heavy (non-hydrogen) atoms. The molecular weight excluding hydrogens is 274 g/mol. The maximum atomic E-state index is 11.1. The number of ether oxygens (including phenoxy) is 1. The van der Waals surface area contributed by atoms with Crippen LogP contribution in [0.15, 0.2) is 6.33 Å². The summed E-state index contributed by atoms with van der Waals surface area (Å²) in [6.45, 7) is 6.02. The zero-order valence-corrected chi connectivity index (χ0v) is 12.4. The lowest BCUT2D eigenvalue weighted by Crippen LogP contribution is -2.29. The molecular formula is C13H21N5O3. The van der Waals surface area contributed by atoms with Gasteiger partial charge < -0.3 is 15.0 Å². The lowest BCUT2D eigenvalue weighted by molar-refractivity contribution is -0.385. The molecule has 8 heteroatoms. The summed E-state index contributed by atoms with van der Waals surface area (Å²) in [5, 5.41) is 14.2.